The number of nitrogens with zero attached hydrogens (tertiary/aromatic N) is 2. The number of aromatic nitrogens is 2. The fourth-order valence-electron chi connectivity index (χ4n) is 2.13. The molecule has 5 nitrogen and oxygen atoms in total. The van der Waals surface area contributed by atoms with Gasteiger partial charge in [-0.1, -0.05) is 6.07 Å². The van der Waals surface area contributed by atoms with Gasteiger partial charge in [0.2, 0.25) is 0 Å². The lowest BCUT2D eigenvalue weighted by Crippen LogP contribution is -2.40. The van der Waals surface area contributed by atoms with Gasteiger partial charge in [0.05, 0.1) is 25.6 Å². The van der Waals surface area contributed by atoms with E-state index in [0.29, 0.717) is 5.56 Å². The van der Waals surface area contributed by atoms with Crippen molar-refractivity contribution < 1.29 is 13.9 Å². The van der Waals surface area contributed by atoms with E-state index in [1.165, 1.54) is 0 Å². The van der Waals surface area contributed by atoms with Crippen LogP contribution in [0.25, 0.3) is 5.69 Å². The molecule has 1 aromatic carbocycles. The van der Waals surface area contributed by atoms with Gasteiger partial charge in [0.25, 0.3) is 5.91 Å². The van der Waals surface area contributed by atoms with Crippen LogP contribution in [0.5, 0.6) is 0 Å². The molecule has 2 heterocycles. The molecule has 1 N–H and O–H groups in total. The second-order valence-electron chi connectivity index (χ2n) is 4.65. The summed E-state index contributed by atoms with van der Waals surface area (Å²) >= 11 is 0. The summed E-state index contributed by atoms with van der Waals surface area (Å²) < 4.78 is 20.2. The van der Waals surface area contributed by atoms with Gasteiger partial charge in [0.1, 0.15) is 6.17 Å². The van der Waals surface area contributed by atoms with Gasteiger partial charge in [-0.15, -0.1) is 0 Å². The third kappa shape index (κ3) is 2.55. The highest BCUT2D eigenvalue weighted by Crippen LogP contribution is 2.13. The minimum absolute atomic E-state index is 0.0417. The van der Waals surface area contributed by atoms with E-state index in [-0.39, 0.29) is 19.1 Å². The average Bonchev–Trinajstić information content (AvgIpc) is 3.12. The van der Waals surface area contributed by atoms with Crippen LogP contribution in [0.1, 0.15) is 10.4 Å². The highest BCUT2D eigenvalue weighted by Gasteiger charge is 2.29. The molecule has 0 bridgehead atoms. The second kappa shape index (κ2) is 5.42. The van der Waals surface area contributed by atoms with Crippen LogP contribution in [-0.2, 0) is 4.74 Å². The van der Waals surface area contributed by atoms with E-state index < -0.39 is 12.2 Å². The molecule has 2 atom stereocenters. The summed E-state index contributed by atoms with van der Waals surface area (Å²) in [5, 5.41) is 2.65. The van der Waals surface area contributed by atoms with Crippen molar-refractivity contribution in [1.82, 2.24) is 14.9 Å². The standard InChI is InChI=1S/C14H14FN3O2/c15-12-7-20-8-13(12)17-14(19)10-2-1-3-11(6-10)18-5-4-16-9-18/h1-6,9,12-13H,7-8H2,(H,17,19). The van der Waals surface area contributed by atoms with Gasteiger partial charge in [0, 0.05) is 23.6 Å². The van der Waals surface area contributed by atoms with Gasteiger partial charge in [0.15, 0.2) is 0 Å². The molecule has 1 saturated heterocycles. The number of amides is 1. The van der Waals surface area contributed by atoms with Crippen molar-refractivity contribution in [2.75, 3.05) is 13.2 Å². The second-order valence-corrected chi connectivity index (χ2v) is 4.65. The normalized spacial score (nSPS) is 21.9. The molecule has 104 valence electrons. The first kappa shape index (κ1) is 12.8. The number of hydrogen-bond donors (Lipinski definition) is 1. The van der Waals surface area contributed by atoms with Crippen LogP contribution >= 0.6 is 0 Å². The maximum absolute atomic E-state index is 13.4. The number of halogens is 1. The van der Waals surface area contributed by atoms with Crippen LogP contribution in [0.4, 0.5) is 4.39 Å². The molecule has 1 amide bonds. The number of carbonyl (C=O) groups is 1. The molecular formula is C14H14FN3O2. The summed E-state index contributed by atoms with van der Waals surface area (Å²) in [6.45, 7) is 0.258. The Bertz CT molecular complexity index is 600. The highest BCUT2D eigenvalue weighted by atomic mass is 19.1. The number of carbonyl (C=O) groups excluding carboxylic acids is 1. The zero-order chi connectivity index (χ0) is 13.9. The molecule has 3 rings (SSSR count). The van der Waals surface area contributed by atoms with Gasteiger partial charge >= 0.3 is 0 Å². The van der Waals surface area contributed by atoms with Gasteiger partial charge in [-0.2, -0.15) is 0 Å². The Morgan fingerprint density at radius 1 is 1.45 bits per heavy atom. The van der Waals surface area contributed by atoms with Gasteiger partial charge in [-0.25, -0.2) is 9.37 Å². The van der Waals surface area contributed by atoms with Crippen LogP contribution in [0.15, 0.2) is 43.0 Å². The minimum Gasteiger partial charge on any atom is -0.376 e. The van der Waals surface area contributed by atoms with Crippen LogP contribution in [0, 0.1) is 0 Å². The summed E-state index contributed by atoms with van der Waals surface area (Å²) in [5.41, 5.74) is 1.31. The SMILES string of the molecule is O=C(NC1COCC1F)c1cccc(-n2ccnc2)c1. The van der Waals surface area contributed by atoms with E-state index >= 15 is 0 Å². The Kier molecular flexibility index (Phi) is 3.47. The van der Waals surface area contributed by atoms with Gasteiger partial charge < -0.3 is 14.6 Å². The summed E-state index contributed by atoms with van der Waals surface area (Å²) in [6, 6.07) is 6.51. The third-order valence-corrected chi connectivity index (χ3v) is 3.24. The molecule has 1 aliphatic heterocycles. The number of ether oxygens (including phenoxy) is 1. The predicted molar refractivity (Wildman–Crippen MR) is 70.5 cm³/mol. The molecule has 2 aromatic rings. The number of alkyl halides is 1. The van der Waals surface area contributed by atoms with Crippen molar-refractivity contribution in [2.45, 2.75) is 12.2 Å². The van der Waals surface area contributed by atoms with Crippen molar-refractivity contribution in [1.29, 1.82) is 0 Å². The summed E-state index contributed by atoms with van der Waals surface area (Å²) in [7, 11) is 0. The summed E-state index contributed by atoms with van der Waals surface area (Å²) in [4.78, 5) is 16.1. The van der Waals surface area contributed by atoms with E-state index in [4.69, 9.17) is 4.74 Å². The molecule has 0 radical (unpaired) electrons. The van der Waals surface area contributed by atoms with Gasteiger partial charge in [-0.3, -0.25) is 4.79 Å². The van der Waals surface area contributed by atoms with E-state index in [9.17, 15) is 9.18 Å². The van der Waals surface area contributed by atoms with Crippen molar-refractivity contribution >= 4 is 5.91 Å². The predicted octanol–water partition coefficient (Wildman–Crippen LogP) is 1.34. The quantitative estimate of drug-likeness (QED) is 0.919. The largest absolute Gasteiger partial charge is 0.376 e. The number of benzene rings is 1. The first-order chi connectivity index (χ1) is 9.74. The maximum Gasteiger partial charge on any atom is 0.251 e. The molecular weight excluding hydrogens is 261 g/mol. The molecule has 2 unspecified atom stereocenters. The third-order valence-electron chi connectivity index (χ3n) is 3.24. The number of nitrogens with one attached hydrogen (secondary N) is 1. The Morgan fingerprint density at radius 3 is 3.05 bits per heavy atom. The fourth-order valence-corrected chi connectivity index (χ4v) is 2.13. The molecule has 1 fully saturated rings. The van der Waals surface area contributed by atoms with Crippen molar-refractivity contribution in [2.24, 2.45) is 0 Å². The van der Waals surface area contributed by atoms with Crippen molar-refractivity contribution in [3.8, 4) is 5.69 Å². The molecule has 6 heteroatoms. The number of imidazole rings is 1. The topological polar surface area (TPSA) is 56.1 Å². The zero-order valence-corrected chi connectivity index (χ0v) is 10.7. The molecule has 0 aliphatic carbocycles. The van der Waals surface area contributed by atoms with E-state index in [1.54, 1.807) is 41.5 Å². The molecule has 20 heavy (non-hydrogen) atoms. The molecule has 0 saturated carbocycles. The molecule has 0 spiro atoms. The summed E-state index contributed by atoms with van der Waals surface area (Å²) in [5.74, 6) is -0.301. The van der Waals surface area contributed by atoms with Crippen molar-refractivity contribution in [3.05, 3.63) is 48.5 Å². The highest BCUT2D eigenvalue weighted by molar-refractivity contribution is 5.95. The van der Waals surface area contributed by atoms with Crippen molar-refractivity contribution in [3.63, 3.8) is 0 Å². The Morgan fingerprint density at radius 2 is 2.35 bits per heavy atom. The Balaban J connectivity index is 1.76. The monoisotopic (exact) mass is 275 g/mol. The van der Waals surface area contributed by atoms with E-state index in [0.717, 1.165) is 5.69 Å². The van der Waals surface area contributed by atoms with Crippen LogP contribution in [0.2, 0.25) is 0 Å². The first-order valence-corrected chi connectivity index (χ1v) is 6.35. The lowest BCUT2D eigenvalue weighted by molar-refractivity contribution is 0.0920. The smallest absolute Gasteiger partial charge is 0.251 e. The first-order valence-electron chi connectivity index (χ1n) is 6.35. The van der Waals surface area contributed by atoms with Crippen LogP contribution in [0.3, 0.4) is 0 Å². The average molecular weight is 275 g/mol. The van der Waals surface area contributed by atoms with E-state index in [1.807, 2.05) is 6.07 Å². The zero-order valence-electron chi connectivity index (χ0n) is 10.7. The Labute approximate surface area is 115 Å². The number of hydrogen-bond acceptors (Lipinski definition) is 3. The maximum atomic E-state index is 13.4. The van der Waals surface area contributed by atoms with Gasteiger partial charge in [-0.05, 0) is 18.2 Å². The fraction of sp³-hybridized carbons (Fsp3) is 0.286. The summed E-state index contributed by atoms with van der Waals surface area (Å²) in [6.07, 6.45) is 3.96. The minimum atomic E-state index is -1.14. The molecule has 1 aromatic heterocycles. The molecule has 1 aliphatic rings. The lowest BCUT2D eigenvalue weighted by Gasteiger charge is -2.13. The van der Waals surface area contributed by atoms with E-state index in [2.05, 4.69) is 10.3 Å². The number of rotatable bonds is 3. The van der Waals surface area contributed by atoms with Crippen LogP contribution in [-0.4, -0.2) is 40.9 Å². The van der Waals surface area contributed by atoms with Crippen LogP contribution < -0.4 is 5.32 Å². The lowest BCUT2D eigenvalue weighted by atomic mass is 10.1. The Hall–Kier alpha value is -2.21.